The molecule has 1 aliphatic heterocycles. The number of nitrogens with one attached hydrogen (secondary N) is 2. The molecule has 0 radical (unpaired) electrons. The lowest BCUT2D eigenvalue weighted by Crippen LogP contribution is -2.54. The maximum atomic E-state index is 14.9. The van der Waals surface area contributed by atoms with Crippen molar-refractivity contribution in [3.63, 3.8) is 0 Å². The van der Waals surface area contributed by atoms with Crippen LogP contribution >= 0.6 is 0 Å². The molecule has 6 nitrogen and oxygen atoms in total. The van der Waals surface area contributed by atoms with Crippen molar-refractivity contribution in [2.24, 2.45) is 17.8 Å². The van der Waals surface area contributed by atoms with Crippen LogP contribution in [-0.4, -0.2) is 62.5 Å². The van der Waals surface area contributed by atoms with Crippen molar-refractivity contribution in [2.75, 3.05) is 40.4 Å². The van der Waals surface area contributed by atoms with Gasteiger partial charge in [-0.25, -0.2) is 13.6 Å². The summed E-state index contributed by atoms with van der Waals surface area (Å²) < 4.78 is 34.2. The Kier molecular flexibility index (Phi) is 11.6. The third-order valence-corrected chi connectivity index (χ3v) is 8.49. The minimum atomic E-state index is -1.57. The summed E-state index contributed by atoms with van der Waals surface area (Å²) in [6, 6.07) is 3.87. The van der Waals surface area contributed by atoms with E-state index < -0.39 is 23.2 Å². The van der Waals surface area contributed by atoms with Gasteiger partial charge in [0.25, 0.3) is 0 Å². The van der Waals surface area contributed by atoms with E-state index in [0.29, 0.717) is 57.8 Å². The number of carbonyl (C=O) groups is 1. The van der Waals surface area contributed by atoms with E-state index in [1.807, 2.05) is 7.05 Å². The summed E-state index contributed by atoms with van der Waals surface area (Å²) in [6.45, 7) is 4.43. The molecule has 37 heavy (non-hydrogen) atoms. The van der Waals surface area contributed by atoms with Gasteiger partial charge in [-0.1, -0.05) is 44.7 Å². The molecule has 1 saturated heterocycles. The van der Waals surface area contributed by atoms with Crippen molar-refractivity contribution in [1.29, 1.82) is 0 Å². The van der Waals surface area contributed by atoms with Crippen LogP contribution in [0, 0.1) is 29.4 Å². The van der Waals surface area contributed by atoms with Crippen LogP contribution in [0.2, 0.25) is 0 Å². The van der Waals surface area contributed by atoms with Crippen molar-refractivity contribution < 1.29 is 23.4 Å². The average Bonchev–Trinajstić information content (AvgIpc) is 2.89. The Balaban J connectivity index is 1.70. The Morgan fingerprint density at radius 2 is 1.97 bits per heavy atom. The predicted octanol–water partition coefficient (Wildman–Crippen LogP) is 5.20. The molecule has 0 spiro atoms. The second-order valence-electron chi connectivity index (χ2n) is 11.3. The molecule has 3 atom stereocenters. The number of nitrogens with zero attached hydrogens (tertiary/aromatic N) is 1. The summed E-state index contributed by atoms with van der Waals surface area (Å²) in [4.78, 5) is 15.1. The fourth-order valence-corrected chi connectivity index (χ4v) is 6.26. The molecule has 1 aromatic carbocycles. The number of unbranched alkanes of at least 4 members (excludes halogenated alkanes) is 1. The fraction of sp³-hybridized carbons (Fsp3) is 0.759. The van der Waals surface area contributed by atoms with Crippen LogP contribution in [-0.2, 0) is 10.3 Å². The van der Waals surface area contributed by atoms with Gasteiger partial charge in [-0.05, 0) is 63.5 Å². The van der Waals surface area contributed by atoms with Crippen molar-refractivity contribution in [1.82, 2.24) is 15.5 Å². The first-order valence-electron chi connectivity index (χ1n) is 14.1. The van der Waals surface area contributed by atoms with Gasteiger partial charge in [-0.15, -0.1) is 0 Å². The zero-order valence-electron chi connectivity index (χ0n) is 22.9. The summed E-state index contributed by atoms with van der Waals surface area (Å²) in [5, 5.41) is 18.3. The maximum absolute atomic E-state index is 14.9. The lowest BCUT2D eigenvalue weighted by Gasteiger charge is -2.43. The van der Waals surface area contributed by atoms with Gasteiger partial charge in [-0.3, -0.25) is 0 Å². The minimum absolute atomic E-state index is 0.0169. The minimum Gasteiger partial charge on any atom is -0.385 e. The van der Waals surface area contributed by atoms with Crippen molar-refractivity contribution in [2.45, 2.75) is 82.8 Å². The van der Waals surface area contributed by atoms with Crippen LogP contribution in [0.15, 0.2) is 18.2 Å². The summed E-state index contributed by atoms with van der Waals surface area (Å²) in [7, 11) is 3.52. The van der Waals surface area contributed by atoms with Crippen molar-refractivity contribution >= 4 is 6.03 Å². The summed E-state index contributed by atoms with van der Waals surface area (Å²) in [6.07, 6.45) is 8.79. The topological polar surface area (TPSA) is 73.8 Å². The van der Waals surface area contributed by atoms with Gasteiger partial charge in [0, 0.05) is 50.9 Å². The average molecular weight is 524 g/mol. The highest BCUT2D eigenvalue weighted by Crippen LogP contribution is 2.41. The lowest BCUT2D eigenvalue weighted by molar-refractivity contribution is -0.0591. The number of urea groups is 1. The molecule has 3 N–H and O–H groups in total. The van der Waals surface area contributed by atoms with E-state index in [2.05, 4.69) is 17.6 Å². The van der Waals surface area contributed by atoms with E-state index in [-0.39, 0.29) is 24.1 Å². The molecule has 8 heteroatoms. The standard InChI is InChI=1S/C29H47F2N3O3/c1-21-11-13-22(14-12-21)18-24(19-32-2)33-28(35)34-16-7-8-23(20-34)29(36,15-4-5-17-37-3)25-9-6-10-26(30)27(25)31/h6,9-10,21-24,32,36H,4-5,7-8,11-20H2,1-3H3,(H,33,35)/t21?,22?,23-,24+,29+/m1/s1. The zero-order valence-corrected chi connectivity index (χ0v) is 22.9. The first-order valence-corrected chi connectivity index (χ1v) is 14.1. The smallest absolute Gasteiger partial charge is 0.317 e. The predicted molar refractivity (Wildman–Crippen MR) is 142 cm³/mol. The Labute approximate surface area is 221 Å². The molecular weight excluding hydrogens is 476 g/mol. The molecule has 210 valence electrons. The number of aliphatic hydroxyl groups is 1. The third-order valence-electron chi connectivity index (χ3n) is 8.49. The van der Waals surface area contributed by atoms with E-state index in [9.17, 15) is 18.7 Å². The highest BCUT2D eigenvalue weighted by Gasteiger charge is 2.43. The molecule has 1 heterocycles. The van der Waals surface area contributed by atoms with Crippen molar-refractivity contribution in [3.8, 4) is 0 Å². The molecular formula is C29H47F2N3O3. The number of benzene rings is 1. The van der Waals surface area contributed by atoms with E-state index in [4.69, 9.17) is 4.74 Å². The third kappa shape index (κ3) is 8.11. The molecule has 0 aromatic heterocycles. The second kappa shape index (κ2) is 14.4. The largest absolute Gasteiger partial charge is 0.385 e. The number of halogens is 2. The monoisotopic (exact) mass is 523 g/mol. The van der Waals surface area contributed by atoms with E-state index >= 15 is 0 Å². The van der Waals surface area contributed by atoms with E-state index in [1.165, 1.54) is 37.8 Å². The molecule has 2 amide bonds. The molecule has 3 rings (SSSR count). The molecule has 0 unspecified atom stereocenters. The normalized spacial score (nSPS) is 24.9. The Bertz CT molecular complexity index is 850. The van der Waals surface area contributed by atoms with E-state index in [1.54, 1.807) is 12.0 Å². The van der Waals surface area contributed by atoms with Crippen LogP contribution in [0.4, 0.5) is 13.6 Å². The Hall–Kier alpha value is -1.77. The quantitative estimate of drug-likeness (QED) is 0.330. The number of carbonyl (C=O) groups excluding carboxylic acids is 1. The van der Waals surface area contributed by atoms with E-state index in [0.717, 1.165) is 18.4 Å². The molecule has 0 bridgehead atoms. The number of amides is 2. The Morgan fingerprint density at radius 1 is 1.22 bits per heavy atom. The summed E-state index contributed by atoms with van der Waals surface area (Å²) in [5.74, 6) is -0.958. The number of hydrogen-bond acceptors (Lipinski definition) is 4. The number of rotatable bonds is 12. The van der Waals surface area contributed by atoms with Gasteiger partial charge >= 0.3 is 6.03 Å². The number of piperidine rings is 1. The molecule has 1 aliphatic carbocycles. The fourth-order valence-electron chi connectivity index (χ4n) is 6.26. The van der Waals surface area contributed by atoms with Gasteiger partial charge in [0.15, 0.2) is 11.6 Å². The molecule has 2 aliphatic rings. The number of hydrogen-bond donors (Lipinski definition) is 3. The summed E-state index contributed by atoms with van der Waals surface area (Å²) in [5.41, 5.74) is -1.58. The molecule has 1 saturated carbocycles. The lowest BCUT2D eigenvalue weighted by atomic mass is 9.74. The maximum Gasteiger partial charge on any atom is 0.317 e. The van der Waals surface area contributed by atoms with Gasteiger partial charge in [0.2, 0.25) is 0 Å². The van der Waals surface area contributed by atoms with Gasteiger partial charge in [0.05, 0.1) is 5.60 Å². The highest BCUT2D eigenvalue weighted by molar-refractivity contribution is 5.74. The van der Waals surface area contributed by atoms with Crippen LogP contribution in [0.25, 0.3) is 0 Å². The van der Waals surface area contributed by atoms with Gasteiger partial charge in [-0.2, -0.15) is 0 Å². The number of ether oxygens (including phenoxy) is 1. The molecule has 1 aromatic rings. The first-order chi connectivity index (χ1) is 17.8. The van der Waals surface area contributed by atoms with Crippen molar-refractivity contribution in [3.05, 3.63) is 35.4 Å². The van der Waals surface area contributed by atoms with Gasteiger partial charge < -0.3 is 25.4 Å². The zero-order chi connectivity index (χ0) is 26.8. The number of methoxy groups -OCH3 is 1. The van der Waals surface area contributed by atoms with Crippen LogP contribution in [0.3, 0.4) is 0 Å². The SMILES string of the molecule is CNC[C@H](CC1CCC(C)CC1)NC(=O)N1CCC[C@@H]([C@@](O)(CCCCOC)c2cccc(F)c2F)C1. The second-order valence-corrected chi connectivity index (χ2v) is 11.3. The number of likely N-dealkylation sites (N-methyl/N-ethyl adjacent to an activating group) is 1. The molecule has 2 fully saturated rings. The first kappa shape index (κ1) is 29.8. The van der Waals surface area contributed by atoms with Crippen LogP contribution < -0.4 is 10.6 Å². The van der Waals surface area contributed by atoms with Crippen LogP contribution in [0.1, 0.15) is 76.7 Å². The van der Waals surface area contributed by atoms with Gasteiger partial charge in [0.1, 0.15) is 0 Å². The Morgan fingerprint density at radius 3 is 2.68 bits per heavy atom. The van der Waals surface area contributed by atoms with Crippen LogP contribution in [0.5, 0.6) is 0 Å². The highest BCUT2D eigenvalue weighted by atomic mass is 19.2. The number of likely N-dealkylation sites (tertiary alicyclic amines) is 1. The summed E-state index contributed by atoms with van der Waals surface area (Å²) >= 11 is 0.